The van der Waals surface area contributed by atoms with Crippen LogP contribution in [0.15, 0.2) is 53.4 Å². The normalized spacial score (nSPS) is 13.3. The number of anilines is 1. The molecule has 7 nitrogen and oxygen atoms in total. The van der Waals surface area contributed by atoms with Gasteiger partial charge in [-0.05, 0) is 55.0 Å². The first-order valence-corrected chi connectivity index (χ1v) is 11.2. The van der Waals surface area contributed by atoms with Crippen LogP contribution < -0.4 is 10.1 Å². The van der Waals surface area contributed by atoms with Gasteiger partial charge in [0.05, 0.1) is 9.73 Å². The first-order chi connectivity index (χ1) is 14.9. The summed E-state index contributed by atoms with van der Waals surface area (Å²) in [6, 6.07) is 11.6. The molecule has 0 radical (unpaired) electrons. The summed E-state index contributed by atoms with van der Waals surface area (Å²) >= 11 is 5.82. The van der Waals surface area contributed by atoms with Gasteiger partial charge in [-0.2, -0.15) is 13.2 Å². The molecule has 0 bridgehead atoms. The van der Waals surface area contributed by atoms with E-state index < -0.39 is 44.5 Å². The van der Waals surface area contributed by atoms with Gasteiger partial charge in [-0.1, -0.05) is 17.7 Å². The van der Waals surface area contributed by atoms with E-state index in [9.17, 15) is 22.2 Å². The molecular formula is C20H16ClF3N4O3S. The molecule has 2 aromatic carbocycles. The molecule has 0 saturated heterocycles. The van der Waals surface area contributed by atoms with Gasteiger partial charge in [-0.15, -0.1) is 10.2 Å². The molecule has 168 valence electrons. The predicted octanol–water partition coefficient (Wildman–Crippen LogP) is 5.54. The Kier molecular flexibility index (Phi) is 6.42. The molecule has 0 spiro atoms. The molecule has 32 heavy (non-hydrogen) atoms. The number of hydrogen-bond acceptors (Lipinski definition) is 6. The number of nitrogens with one attached hydrogen (secondary N) is 2. The Hall–Kier alpha value is -3.18. The van der Waals surface area contributed by atoms with Gasteiger partial charge in [-0.3, -0.25) is 4.79 Å². The molecule has 1 atom stereocenters. The van der Waals surface area contributed by atoms with Crippen LogP contribution in [0.2, 0.25) is 5.02 Å². The number of benzene rings is 2. The van der Waals surface area contributed by atoms with Crippen LogP contribution in [0.25, 0.3) is 0 Å². The molecule has 1 unspecified atom stereocenters. The highest BCUT2D eigenvalue weighted by atomic mass is 35.5. The lowest BCUT2D eigenvalue weighted by molar-refractivity contribution is -0.142. The highest BCUT2D eigenvalue weighted by Gasteiger charge is 2.38. The maximum absolute atomic E-state index is 13.4. The average molecular weight is 485 g/mol. The fourth-order valence-corrected chi connectivity index (χ4v) is 3.55. The highest BCUT2D eigenvalue weighted by Crippen LogP contribution is 2.35. The molecule has 3 aromatic rings. The van der Waals surface area contributed by atoms with Crippen LogP contribution in [-0.4, -0.2) is 26.6 Å². The molecule has 1 aromatic heterocycles. The molecule has 3 rings (SSSR count). The molecule has 0 aliphatic heterocycles. The molecule has 2 N–H and O–H groups in total. The van der Waals surface area contributed by atoms with Gasteiger partial charge >= 0.3 is 6.18 Å². The van der Waals surface area contributed by atoms with Crippen LogP contribution in [0.5, 0.6) is 11.6 Å². The Bertz CT molecular complexity index is 1280. The van der Waals surface area contributed by atoms with Crippen molar-refractivity contribution >= 4 is 32.9 Å². The summed E-state index contributed by atoms with van der Waals surface area (Å²) in [4.78, 5) is 13.1. The SMILES string of the molecule is Cc1c(C(F)(F)F)nnc(Oc2ccc(Cl)cc2)c1C(=O)Nc1cccc(S(C)(=N)=O)c1. The van der Waals surface area contributed by atoms with Crippen molar-refractivity contribution in [1.29, 1.82) is 4.78 Å². The van der Waals surface area contributed by atoms with Crippen LogP contribution in [-0.2, 0) is 15.9 Å². The van der Waals surface area contributed by atoms with E-state index in [0.717, 1.165) is 6.92 Å². The van der Waals surface area contributed by atoms with E-state index in [1.54, 1.807) is 0 Å². The van der Waals surface area contributed by atoms with E-state index >= 15 is 0 Å². The zero-order chi connectivity index (χ0) is 23.7. The van der Waals surface area contributed by atoms with Crippen LogP contribution in [0, 0.1) is 11.7 Å². The summed E-state index contributed by atoms with van der Waals surface area (Å²) in [6.07, 6.45) is -3.64. The summed E-state index contributed by atoms with van der Waals surface area (Å²) in [7, 11) is -3.07. The zero-order valence-corrected chi connectivity index (χ0v) is 18.2. The first kappa shape index (κ1) is 23.5. The van der Waals surface area contributed by atoms with Crippen molar-refractivity contribution in [2.45, 2.75) is 18.0 Å². The van der Waals surface area contributed by atoms with Crippen molar-refractivity contribution in [3.05, 3.63) is 70.4 Å². The van der Waals surface area contributed by atoms with Crippen LogP contribution in [0.1, 0.15) is 21.6 Å². The van der Waals surface area contributed by atoms with E-state index in [1.165, 1.54) is 54.8 Å². The van der Waals surface area contributed by atoms with E-state index in [2.05, 4.69) is 15.5 Å². The fourth-order valence-electron chi connectivity index (χ4n) is 2.73. The number of alkyl halides is 3. The number of aromatic nitrogens is 2. The number of nitrogens with zero attached hydrogens (tertiary/aromatic N) is 2. The number of ether oxygens (including phenoxy) is 1. The molecule has 1 amide bonds. The third-order valence-corrected chi connectivity index (χ3v) is 5.66. The maximum atomic E-state index is 13.4. The molecule has 1 heterocycles. The first-order valence-electron chi connectivity index (χ1n) is 8.89. The molecule has 12 heteroatoms. The number of carbonyl (C=O) groups excluding carboxylic acids is 1. The maximum Gasteiger partial charge on any atom is 0.435 e. The summed E-state index contributed by atoms with van der Waals surface area (Å²) in [5.74, 6) is -1.21. The number of halogens is 4. The minimum absolute atomic E-state index is 0.136. The van der Waals surface area contributed by atoms with Gasteiger partial charge in [0.2, 0.25) is 0 Å². The van der Waals surface area contributed by atoms with Crippen molar-refractivity contribution in [3.8, 4) is 11.6 Å². The zero-order valence-electron chi connectivity index (χ0n) is 16.7. The number of hydrogen-bond donors (Lipinski definition) is 2. The third-order valence-electron chi connectivity index (χ3n) is 4.25. The molecule has 0 fully saturated rings. The van der Waals surface area contributed by atoms with Gasteiger partial charge in [0.15, 0.2) is 5.69 Å². The van der Waals surface area contributed by atoms with Crippen molar-refractivity contribution in [3.63, 3.8) is 0 Å². The number of carbonyl (C=O) groups is 1. The van der Waals surface area contributed by atoms with Crippen LogP contribution >= 0.6 is 11.6 Å². The van der Waals surface area contributed by atoms with Gasteiger partial charge < -0.3 is 10.1 Å². The second-order valence-electron chi connectivity index (χ2n) is 6.73. The molecule has 0 saturated carbocycles. The second kappa shape index (κ2) is 8.75. The topological polar surface area (TPSA) is 105 Å². The van der Waals surface area contributed by atoms with E-state index in [0.29, 0.717) is 5.02 Å². The molecule has 0 aliphatic carbocycles. The standard InChI is InChI=1S/C20H16ClF3N4O3S/c1-11-16(18(29)26-13-4-3-5-15(10-13)32(2,25)30)19(28-27-17(11)20(22,23)24)31-14-8-6-12(21)7-9-14/h3-10,25H,1-2H3,(H,26,29). The summed E-state index contributed by atoms with van der Waals surface area (Å²) in [5.41, 5.74) is -2.15. The summed E-state index contributed by atoms with van der Waals surface area (Å²) < 4.78 is 65.2. The Labute approximate surface area is 186 Å². The summed E-state index contributed by atoms with van der Waals surface area (Å²) in [6.45, 7) is 1.08. The predicted molar refractivity (Wildman–Crippen MR) is 113 cm³/mol. The van der Waals surface area contributed by atoms with Gasteiger partial charge in [0, 0.05) is 21.9 Å². The van der Waals surface area contributed by atoms with Gasteiger partial charge in [0.25, 0.3) is 11.8 Å². The van der Waals surface area contributed by atoms with E-state index in [4.69, 9.17) is 21.1 Å². The quantitative estimate of drug-likeness (QED) is 0.495. The lowest BCUT2D eigenvalue weighted by Crippen LogP contribution is -2.21. The largest absolute Gasteiger partial charge is 0.437 e. The van der Waals surface area contributed by atoms with Crippen LogP contribution in [0.4, 0.5) is 18.9 Å². The lowest BCUT2D eigenvalue weighted by atomic mass is 10.1. The summed E-state index contributed by atoms with van der Waals surface area (Å²) in [5, 5.41) is 9.52. The van der Waals surface area contributed by atoms with Crippen molar-refractivity contribution < 1.29 is 26.9 Å². The van der Waals surface area contributed by atoms with Crippen molar-refractivity contribution in [1.82, 2.24) is 10.2 Å². The van der Waals surface area contributed by atoms with E-state index in [-0.39, 0.29) is 16.3 Å². The number of amides is 1. The smallest absolute Gasteiger partial charge is 0.435 e. The monoisotopic (exact) mass is 484 g/mol. The van der Waals surface area contributed by atoms with E-state index in [1.807, 2.05) is 0 Å². The Morgan fingerprint density at radius 2 is 1.81 bits per heavy atom. The minimum atomic E-state index is -4.84. The molecular weight excluding hydrogens is 469 g/mol. The Balaban J connectivity index is 2.05. The third kappa shape index (κ3) is 5.35. The van der Waals surface area contributed by atoms with Crippen LogP contribution in [0.3, 0.4) is 0 Å². The van der Waals surface area contributed by atoms with Gasteiger partial charge in [-0.25, -0.2) is 8.99 Å². The highest BCUT2D eigenvalue weighted by molar-refractivity contribution is 7.91. The number of rotatable bonds is 5. The lowest BCUT2D eigenvalue weighted by Gasteiger charge is -2.16. The second-order valence-corrected chi connectivity index (χ2v) is 9.33. The molecule has 0 aliphatic rings. The minimum Gasteiger partial charge on any atom is -0.437 e. The fraction of sp³-hybridized carbons (Fsp3) is 0.150. The Morgan fingerprint density at radius 1 is 1.16 bits per heavy atom. The van der Waals surface area contributed by atoms with Crippen molar-refractivity contribution in [2.75, 3.05) is 11.6 Å². The average Bonchev–Trinajstić information content (AvgIpc) is 2.68. The van der Waals surface area contributed by atoms with Crippen molar-refractivity contribution in [2.24, 2.45) is 0 Å². The van der Waals surface area contributed by atoms with Gasteiger partial charge in [0.1, 0.15) is 11.3 Å². The Morgan fingerprint density at radius 3 is 2.41 bits per heavy atom.